The molecule has 0 aromatic carbocycles. The van der Waals surface area contributed by atoms with Crippen LogP contribution in [0.1, 0.15) is 19.3 Å². The third-order valence-electron chi connectivity index (χ3n) is 2.45. The predicted octanol–water partition coefficient (Wildman–Crippen LogP) is 0.584. The molecule has 0 amide bonds. The number of aliphatic carboxylic acids is 1. The van der Waals surface area contributed by atoms with E-state index in [9.17, 15) is 9.59 Å². The molecular weight excluding hydrogens is 182 g/mol. The molecule has 0 bridgehead atoms. The molecule has 4 nitrogen and oxygen atoms in total. The molecule has 0 aliphatic carbocycles. The molecule has 1 heterocycles. The SMILES string of the molecule is C=CCC(C(=O)O)C(=O)C1CCCN1. The molecule has 1 aliphatic heterocycles. The van der Waals surface area contributed by atoms with Gasteiger partial charge in [-0.15, -0.1) is 6.58 Å². The van der Waals surface area contributed by atoms with Gasteiger partial charge in [-0.3, -0.25) is 9.59 Å². The highest BCUT2D eigenvalue weighted by Gasteiger charge is 2.32. The zero-order valence-electron chi connectivity index (χ0n) is 8.03. The summed E-state index contributed by atoms with van der Waals surface area (Å²) < 4.78 is 0. The maximum absolute atomic E-state index is 11.7. The molecule has 1 fully saturated rings. The van der Waals surface area contributed by atoms with Crippen molar-refractivity contribution in [3.8, 4) is 0 Å². The van der Waals surface area contributed by atoms with E-state index < -0.39 is 11.9 Å². The Balaban J connectivity index is 2.61. The molecule has 2 atom stereocenters. The van der Waals surface area contributed by atoms with Gasteiger partial charge < -0.3 is 10.4 Å². The zero-order chi connectivity index (χ0) is 10.6. The standard InChI is InChI=1S/C10H15NO3/c1-2-4-7(10(13)14)9(12)8-5-3-6-11-8/h2,7-8,11H,1,3-6H2,(H,13,14). The van der Waals surface area contributed by atoms with Crippen molar-refractivity contribution in [1.29, 1.82) is 0 Å². The highest BCUT2D eigenvalue weighted by Crippen LogP contribution is 2.14. The van der Waals surface area contributed by atoms with E-state index in [1.807, 2.05) is 0 Å². The van der Waals surface area contributed by atoms with Crippen LogP contribution in [0.5, 0.6) is 0 Å². The molecule has 0 aromatic heterocycles. The van der Waals surface area contributed by atoms with Gasteiger partial charge in [-0.25, -0.2) is 0 Å². The van der Waals surface area contributed by atoms with Crippen LogP contribution >= 0.6 is 0 Å². The van der Waals surface area contributed by atoms with Gasteiger partial charge in [0, 0.05) is 0 Å². The number of allylic oxidation sites excluding steroid dienone is 1. The van der Waals surface area contributed by atoms with E-state index >= 15 is 0 Å². The summed E-state index contributed by atoms with van der Waals surface area (Å²) in [6, 6.07) is -0.268. The Hall–Kier alpha value is -1.16. The van der Waals surface area contributed by atoms with Crippen molar-refractivity contribution in [3.05, 3.63) is 12.7 Å². The molecule has 14 heavy (non-hydrogen) atoms. The summed E-state index contributed by atoms with van der Waals surface area (Å²) in [5.74, 6) is -2.19. The molecule has 0 saturated carbocycles. The van der Waals surface area contributed by atoms with Crippen LogP contribution in [-0.4, -0.2) is 29.4 Å². The molecule has 2 unspecified atom stereocenters. The minimum atomic E-state index is -1.05. The fourth-order valence-electron chi connectivity index (χ4n) is 1.68. The van der Waals surface area contributed by atoms with Gasteiger partial charge in [0.25, 0.3) is 0 Å². The predicted molar refractivity (Wildman–Crippen MR) is 52.0 cm³/mol. The number of carboxylic acid groups (broad SMARTS) is 1. The van der Waals surface area contributed by atoms with Crippen molar-refractivity contribution in [1.82, 2.24) is 5.32 Å². The number of hydrogen-bond acceptors (Lipinski definition) is 3. The highest BCUT2D eigenvalue weighted by atomic mass is 16.4. The Labute approximate surface area is 83.0 Å². The minimum absolute atomic E-state index is 0.213. The average molecular weight is 197 g/mol. The Morgan fingerprint density at radius 1 is 1.64 bits per heavy atom. The molecule has 0 aromatic rings. The van der Waals surface area contributed by atoms with Crippen LogP contribution in [0.25, 0.3) is 0 Å². The van der Waals surface area contributed by atoms with E-state index in [1.165, 1.54) is 6.08 Å². The lowest BCUT2D eigenvalue weighted by molar-refractivity contribution is -0.146. The van der Waals surface area contributed by atoms with Gasteiger partial charge in [0.05, 0.1) is 6.04 Å². The summed E-state index contributed by atoms with van der Waals surface area (Å²) in [6.07, 6.45) is 3.38. The van der Waals surface area contributed by atoms with Crippen molar-refractivity contribution in [2.24, 2.45) is 5.92 Å². The first-order chi connectivity index (χ1) is 6.66. The first-order valence-electron chi connectivity index (χ1n) is 4.77. The number of ketones is 1. The first kappa shape index (κ1) is 10.9. The van der Waals surface area contributed by atoms with Crippen LogP contribution in [0.2, 0.25) is 0 Å². The molecular formula is C10H15NO3. The van der Waals surface area contributed by atoms with Gasteiger partial charge in [-0.1, -0.05) is 6.08 Å². The number of Topliss-reactive ketones (excluding diaryl/α,β-unsaturated/α-hetero) is 1. The summed E-state index contributed by atoms with van der Waals surface area (Å²) in [6.45, 7) is 4.26. The van der Waals surface area contributed by atoms with Crippen LogP contribution < -0.4 is 5.32 Å². The number of carbonyl (C=O) groups excluding carboxylic acids is 1. The van der Waals surface area contributed by atoms with Gasteiger partial charge >= 0.3 is 5.97 Å². The van der Waals surface area contributed by atoms with Crippen molar-refractivity contribution in [2.45, 2.75) is 25.3 Å². The lowest BCUT2D eigenvalue weighted by atomic mass is 9.94. The molecule has 1 rings (SSSR count). The molecule has 0 radical (unpaired) electrons. The molecule has 78 valence electrons. The summed E-state index contributed by atoms with van der Waals surface area (Å²) in [5, 5.41) is 11.8. The number of hydrogen-bond donors (Lipinski definition) is 2. The van der Waals surface area contributed by atoms with Gasteiger partial charge in [0.15, 0.2) is 5.78 Å². The minimum Gasteiger partial charge on any atom is -0.481 e. The largest absolute Gasteiger partial charge is 0.481 e. The van der Waals surface area contributed by atoms with Crippen molar-refractivity contribution in [2.75, 3.05) is 6.54 Å². The van der Waals surface area contributed by atoms with Crippen LogP contribution in [0, 0.1) is 5.92 Å². The van der Waals surface area contributed by atoms with Gasteiger partial charge in [0.1, 0.15) is 5.92 Å². The van der Waals surface area contributed by atoms with Gasteiger partial charge in [0.2, 0.25) is 0 Å². The summed E-state index contributed by atoms with van der Waals surface area (Å²) >= 11 is 0. The third kappa shape index (κ3) is 2.42. The van der Waals surface area contributed by atoms with Crippen LogP contribution in [0.15, 0.2) is 12.7 Å². The maximum atomic E-state index is 11.7. The van der Waals surface area contributed by atoms with Crippen molar-refractivity contribution in [3.63, 3.8) is 0 Å². The summed E-state index contributed by atoms with van der Waals surface area (Å²) in [4.78, 5) is 22.5. The first-order valence-corrected chi connectivity index (χ1v) is 4.77. The fraction of sp³-hybridized carbons (Fsp3) is 0.600. The monoisotopic (exact) mass is 197 g/mol. The average Bonchev–Trinajstić information content (AvgIpc) is 2.65. The quantitative estimate of drug-likeness (QED) is 0.500. The Bertz CT molecular complexity index is 244. The molecule has 4 heteroatoms. The lowest BCUT2D eigenvalue weighted by Gasteiger charge is -2.14. The van der Waals surface area contributed by atoms with Crippen molar-refractivity contribution >= 4 is 11.8 Å². The Morgan fingerprint density at radius 3 is 2.79 bits per heavy atom. The summed E-state index contributed by atoms with van der Waals surface area (Å²) in [5.41, 5.74) is 0. The van der Waals surface area contributed by atoms with E-state index in [2.05, 4.69) is 11.9 Å². The van der Waals surface area contributed by atoms with E-state index in [1.54, 1.807) is 0 Å². The molecule has 2 N–H and O–H groups in total. The number of nitrogens with one attached hydrogen (secondary N) is 1. The van der Waals surface area contributed by atoms with E-state index in [4.69, 9.17) is 5.11 Å². The topological polar surface area (TPSA) is 66.4 Å². The zero-order valence-corrected chi connectivity index (χ0v) is 8.03. The molecule has 0 spiro atoms. The normalized spacial score (nSPS) is 23.0. The Morgan fingerprint density at radius 2 is 2.36 bits per heavy atom. The van der Waals surface area contributed by atoms with Crippen LogP contribution in [-0.2, 0) is 9.59 Å². The number of rotatable bonds is 5. The van der Waals surface area contributed by atoms with Gasteiger partial charge in [-0.2, -0.15) is 0 Å². The van der Waals surface area contributed by atoms with Gasteiger partial charge in [-0.05, 0) is 25.8 Å². The van der Waals surface area contributed by atoms with E-state index in [-0.39, 0.29) is 18.2 Å². The van der Waals surface area contributed by atoms with E-state index in [0.717, 1.165) is 19.4 Å². The van der Waals surface area contributed by atoms with Crippen molar-refractivity contribution < 1.29 is 14.7 Å². The maximum Gasteiger partial charge on any atom is 0.314 e. The fourth-order valence-corrected chi connectivity index (χ4v) is 1.68. The summed E-state index contributed by atoms with van der Waals surface area (Å²) in [7, 11) is 0. The second-order valence-electron chi connectivity index (χ2n) is 3.47. The smallest absolute Gasteiger partial charge is 0.314 e. The molecule has 1 saturated heterocycles. The number of carbonyl (C=O) groups is 2. The highest BCUT2D eigenvalue weighted by molar-refractivity contribution is 6.01. The third-order valence-corrected chi connectivity index (χ3v) is 2.45. The number of carboxylic acids is 1. The van der Waals surface area contributed by atoms with Crippen LogP contribution in [0.3, 0.4) is 0 Å². The Kier molecular flexibility index (Phi) is 3.83. The van der Waals surface area contributed by atoms with E-state index in [0.29, 0.717) is 0 Å². The second kappa shape index (κ2) is 4.91. The van der Waals surface area contributed by atoms with Crippen LogP contribution in [0.4, 0.5) is 0 Å². The second-order valence-corrected chi connectivity index (χ2v) is 3.47. The molecule has 1 aliphatic rings. The lowest BCUT2D eigenvalue weighted by Crippen LogP contribution is -2.38.